The number of guanidine groups is 1. The van der Waals surface area contributed by atoms with Crippen molar-refractivity contribution in [3.63, 3.8) is 0 Å². The van der Waals surface area contributed by atoms with Gasteiger partial charge in [0, 0.05) is 12.1 Å². The smallest absolute Gasteiger partial charge is 0.216 e. The Balaban J connectivity index is 2.86. The molecule has 0 fully saturated rings. The topological polar surface area (TPSA) is 96.6 Å². The van der Waals surface area contributed by atoms with Gasteiger partial charge in [0.15, 0.2) is 5.96 Å². The summed E-state index contributed by atoms with van der Waals surface area (Å²) in [4.78, 5) is 4.25. The molecule has 1 aromatic carbocycles. The van der Waals surface area contributed by atoms with Crippen molar-refractivity contribution >= 4 is 16.0 Å². The van der Waals surface area contributed by atoms with Gasteiger partial charge in [-0.25, -0.2) is 18.1 Å². The minimum atomic E-state index is -3.36. The van der Waals surface area contributed by atoms with Crippen LogP contribution in [-0.4, -0.2) is 26.5 Å². The summed E-state index contributed by atoms with van der Waals surface area (Å²) in [7, 11) is -3.36. The van der Waals surface area contributed by atoms with Gasteiger partial charge in [0.2, 0.25) is 10.0 Å². The van der Waals surface area contributed by atoms with E-state index in [1.807, 2.05) is 32.0 Å². The molecular weight excluding hydrogens is 300 g/mol. The van der Waals surface area contributed by atoms with Crippen molar-refractivity contribution in [1.29, 1.82) is 0 Å². The molecule has 0 radical (unpaired) electrons. The van der Waals surface area contributed by atoms with Crippen LogP contribution in [0.4, 0.5) is 0 Å². The summed E-state index contributed by atoms with van der Waals surface area (Å²) in [5, 5.41) is 3.00. The first-order valence-corrected chi connectivity index (χ1v) is 8.98. The summed E-state index contributed by atoms with van der Waals surface area (Å²) >= 11 is 0. The number of sulfonamides is 1. The first-order chi connectivity index (χ1) is 10.2. The van der Waals surface area contributed by atoms with E-state index in [4.69, 9.17) is 5.73 Å². The second-order valence-corrected chi connectivity index (χ2v) is 7.55. The van der Waals surface area contributed by atoms with E-state index in [-0.39, 0.29) is 17.8 Å². The zero-order chi connectivity index (χ0) is 16.8. The lowest BCUT2D eigenvalue weighted by Gasteiger charge is -2.12. The SMILES string of the molecule is CC(C)NC(N)=NCc1ccccc1CS(=O)(=O)NC(C)C. The van der Waals surface area contributed by atoms with Gasteiger partial charge in [-0.2, -0.15) is 0 Å². The molecule has 0 spiro atoms. The van der Waals surface area contributed by atoms with Gasteiger partial charge in [0.1, 0.15) is 0 Å². The lowest BCUT2D eigenvalue weighted by Crippen LogP contribution is -2.36. The maximum absolute atomic E-state index is 12.1. The van der Waals surface area contributed by atoms with Crippen molar-refractivity contribution in [3.05, 3.63) is 35.4 Å². The molecule has 22 heavy (non-hydrogen) atoms. The molecule has 1 rings (SSSR count). The van der Waals surface area contributed by atoms with Crippen molar-refractivity contribution in [3.8, 4) is 0 Å². The Hall–Kier alpha value is -1.60. The Labute approximate surface area is 133 Å². The molecule has 0 amide bonds. The second kappa shape index (κ2) is 8.14. The Kier molecular flexibility index (Phi) is 6.83. The van der Waals surface area contributed by atoms with Crippen LogP contribution in [0.5, 0.6) is 0 Å². The molecule has 124 valence electrons. The Morgan fingerprint density at radius 3 is 2.27 bits per heavy atom. The first kappa shape index (κ1) is 18.4. The van der Waals surface area contributed by atoms with Crippen LogP contribution in [0, 0.1) is 0 Å². The van der Waals surface area contributed by atoms with Gasteiger partial charge in [-0.3, -0.25) is 0 Å². The third-order valence-corrected chi connectivity index (χ3v) is 4.26. The van der Waals surface area contributed by atoms with E-state index in [1.54, 1.807) is 19.9 Å². The number of nitrogens with two attached hydrogens (primary N) is 1. The zero-order valence-electron chi connectivity index (χ0n) is 13.6. The van der Waals surface area contributed by atoms with Crippen LogP contribution in [0.1, 0.15) is 38.8 Å². The van der Waals surface area contributed by atoms with Crippen molar-refractivity contribution in [2.75, 3.05) is 0 Å². The molecule has 0 aliphatic heterocycles. The van der Waals surface area contributed by atoms with Gasteiger partial charge >= 0.3 is 0 Å². The van der Waals surface area contributed by atoms with E-state index in [0.29, 0.717) is 12.5 Å². The quantitative estimate of drug-likeness (QED) is 0.520. The molecule has 0 aliphatic rings. The van der Waals surface area contributed by atoms with Crippen LogP contribution in [0.2, 0.25) is 0 Å². The van der Waals surface area contributed by atoms with Crippen LogP contribution in [0.3, 0.4) is 0 Å². The molecule has 4 N–H and O–H groups in total. The molecule has 0 heterocycles. The number of rotatable bonds is 7. The van der Waals surface area contributed by atoms with Crippen molar-refractivity contribution in [2.24, 2.45) is 10.7 Å². The standard InChI is InChI=1S/C15H26N4O2S/c1-11(2)18-15(16)17-9-13-7-5-6-8-14(13)10-22(20,21)19-12(3)4/h5-8,11-12,19H,9-10H2,1-4H3,(H3,16,17,18). The van der Waals surface area contributed by atoms with E-state index in [2.05, 4.69) is 15.0 Å². The fourth-order valence-electron chi connectivity index (χ4n) is 1.97. The highest BCUT2D eigenvalue weighted by atomic mass is 32.2. The van der Waals surface area contributed by atoms with Gasteiger partial charge in [0.25, 0.3) is 0 Å². The molecule has 0 saturated carbocycles. The third-order valence-electron chi connectivity index (χ3n) is 2.74. The van der Waals surface area contributed by atoms with Gasteiger partial charge in [-0.05, 0) is 38.8 Å². The molecule has 7 heteroatoms. The molecule has 0 unspecified atom stereocenters. The van der Waals surface area contributed by atoms with Crippen molar-refractivity contribution in [2.45, 2.75) is 52.1 Å². The van der Waals surface area contributed by atoms with Crippen molar-refractivity contribution < 1.29 is 8.42 Å². The lowest BCUT2D eigenvalue weighted by molar-refractivity contribution is 0.569. The molecule has 0 saturated heterocycles. The van der Waals surface area contributed by atoms with Gasteiger partial charge in [-0.15, -0.1) is 0 Å². The molecular formula is C15H26N4O2S. The molecule has 0 atom stereocenters. The van der Waals surface area contributed by atoms with Crippen LogP contribution >= 0.6 is 0 Å². The Morgan fingerprint density at radius 2 is 1.73 bits per heavy atom. The highest BCUT2D eigenvalue weighted by molar-refractivity contribution is 7.88. The fraction of sp³-hybridized carbons (Fsp3) is 0.533. The average Bonchev–Trinajstić information content (AvgIpc) is 2.34. The van der Waals surface area contributed by atoms with Gasteiger partial charge in [-0.1, -0.05) is 24.3 Å². The average molecular weight is 326 g/mol. The predicted octanol–water partition coefficient (Wildman–Crippen LogP) is 1.33. The predicted molar refractivity (Wildman–Crippen MR) is 90.9 cm³/mol. The molecule has 0 aromatic heterocycles. The summed E-state index contributed by atoms with van der Waals surface area (Å²) in [5.74, 6) is 0.293. The fourth-order valence-corrected chi connectivity index (χ4v) is 3.46. The summed E-state index contributed by atoms with van der Waals surface area (Å²) in [6.45, 7) is 7.89. The molecule has 0 aliphatic carbocycles. The minimum Gasteiger partial charge on any atom is -0.370 e. The van der Waals surface area contributed by atoms with E-state index in [9.17, 15) is 8.42 Å². The normalized spacial score (nSPS) is 12.9. The maximum Gasteiger partial charge on any atom is 0.216 e. The van der Waals surface area contributed by atoms with E-state index >= 15 is 0 Å². The third kappa shape index (κ3) is 6.91. The second-order valence-electron chi connectivity index (χ2n) is 5.80. The van der Waals surface area contributed by atoms with Crippen molar-refractivity contribution in [1.82, 2.24) is 10.0 Å². The molecule has 1 aromatic rings. The zero-order valence-corrected chi connectivity index (χ0v) is 14.4. The number of nitrogens with zero attached hydrogens (tertiary/aromatic N) is 1. The van der Waals surface area contributed by atoms with Crippen LogP contribution in [0.15, 0.2) is 29.3 Å². The monoisotopic (exact) mass is 326 g/mol. The van der Waals surface area contributed by atoms with Gasteiger partial charge < -0.3 is 11.1 Å². The minimum absolute atomic E-state index is 0.0611. The van der Waals surface area contributed by atoms with Gasteiger partial charge in [0.05, 0.1) is 12.3 Å². The largest absolute Gasteiger partial charge is 0.370 e. The number of hydrogen-bond acceptors (Lipinski definition) is 3. The number of aliphatic imine (C=N–C) groups is 1. The summed E-state index contributed by atoms with van der Waals surface area (Å²) in [5.41, 5.74) is 7.36. The number of benzene rings is 1. The molecule has 0 bridgehead atoms. The van der Waals surface area contributed by atoms with E-state index < -0.39 is 10.0 Å². The van der Waals surface area contributed by atoms with Crippen LogP contribution in [0.25, 0.3) is 0 Å². The Morgan fingerprint density at radius 1 is 1.14 bits per heavy atom. The maximum atomic E-state index is 12.1. The lowest BCUT2D eigenvalue weighted by atomic mass is 10.1. The molecule has 6 nitrogen and oxygen atoms in total. The number of nitrogens with one attached hydrogen (secondary N) is 2. The highest BCUT2D eigenvalue weighted by Crippen LogP contribution is 2.13. The summed E-state index contributed by atoms with van der Waals surface area (Å²) in [6.07, 6.45) is 0. The first-order valence-electron chi connectivity index (χ1n) is 7.33. The van der Waals surface area contributed by atoms with E-state index in [1.165, 1.54) is 0 Å². The summed E-state index contributed by atoms with van der Waals surface area (Å²) in [6, 6.07) is 7.44. The van der Waals surface area contributed by atoms with Crippen LogP contribution < -0.4 is 15.8 Å². The highest BCUT2D eigenvalue weighted by Gasteiger charge is 2.15. The summed E-state index contributed by atoms with van der Waals surface area (Å²) < 4.78 is 26.7. The number of hydrogen-bond donors (Lipinski definition) is 3. The van der Waals surface area contributed by atoms with Crippen LogP contribution in [-0.2, 0) is 22.3 Å². The Bertz CT molecular complexity index is 610. The van der Waals surface area contributed by atoms with E-state index in [0.717, 1.165) is 11.1 Å².